The first-order valence-electron chi connectivity index (χ1n) is 11.9. The first kappa shape index (κ1) is 20.7. The minimum absolute atomic E-state index is 0.0606. The predicted octanol–water partition coefficient (Wildman–Crippen LogP) is 2.72. The van der Waals surface area contributed by atoms with Crippen LogP contribution in [0.25, 0.3) is 16.8 Å². The Bertz CT molecular complexity index is 1160. The van der Waals surface area contributed by atoms with Crippen molar-refractivity contribution in [1.82, 2.24) is 24.3 Å². The number of nitrogens with zero attached hydrogens (tertiary/aromatic N) is 5. The van der Waals surface area contributed by atoms with Crippen LogP contribution in [0.3, 0.4) is 0 Å². The van der Waals surface area contributed by atoms with E-state index in [1.807, 2.05) is 30.1 Å². The molecule has 1 N–H and O–H groups in total. The predicted molar refractivity (Wildman–Crippen MR) is 123 cm³/mol. The summed E-state index contributed by atoms with van der Waals surface area (Å²) in [5, 5.41) is 11.8. The monoisotopic (exact) mass is 450 g/mol. The van der Waals surface area contributed by atoms with E-state index in [2.05, 4.69) is 26.5 Å². The smallest absolute Gasteiger partial charge is 0.228 e. The van der Waals surface area contributed by atoms with Gasteiger partial charge in [0.15, 0.2) is 11.6 Å². The minimum Gasteiger partial charge on any atom is -0.488 e. The number of carbonyl (C=O) groups excluding carboxylic acids is 1. The van der Waals surface area contributed by atoms with E-state index >= 15 is 0 Å². The molecule has 0 spiro atoms. The highest BCUT2D eigenvalue weighted by Gasteiger charge is 2.32. The lowest BCUT2D eigenvalue weighted by molar-refractivity contribution is -0.117. The molecule has 0 unspecified atom stereocenters. The Morgan fingerprint density at radius 3 is 2.94 bits per heavy atom. The highest BCUT2D eigenvalue weighted by atomic mass is 16.5. The van der Waals surface area contributed by atoms with E-state index in [1.165, 1.54) is 12.8 Å². The Morgan fingerprint density at radius 2 is 2.18 bits per heavy atom. The summed E-state index contributed by atoms with van der Waals surface area (Å²) >= 11 is 0. The molecule has 3 fully saturated rings. The van der Waals surface area contributed by atoms with Crippen LogP contribution in [0.15, 0.2) is 30.6 Å². The Morgan fingerprint density at radius 1 is 1.27 bits per heavy atom. The van der Waals surface area contributed by atoms with Crippen molar-refractivity contribution in [3.63, 3.8) is 0 Å². The number of nitrogens with one attached hydrogen (secondary N) is 1. The van der Waals surface area contributed by atoms with Gasteiger partial charge in [-0.15, -0.1) is 0 Å². The van der Waals surface area contributed by atoms with Gasteiger partial charge in [0.2, 0.25) is 5.91 Å². The van der Waals surface area contributed by atoms with E-state index in [4.69, 9.17) is 9.47 Å². The van der Waals surface area contributed by atoms with E-state index in [1.54, 1.807) is 10.7 Å². The Hall–Kier alpha value is -2.91. The van der Waals surface area contributed by atoms with Gasteiger partial charge >= 0.3 is 0 Å². The third-order valence-electron chi connectivity index (χ3n) is 7.00. The molecule has 6 rings (SSSR count). The summed E-state index contributed by atoms with van der Waals surface area (Å²) in [4.78, 5) is 14.5. The van der Waals surface area contributed by atoms with E-state index in [-0.39, 0.29) is 11.8 Å². The number of aryl methyl sites for hydroxylation is 1. The Kier molecular flexibility index (Phi) is 5.30. The molecule has 9 heteroatoms. The van der Waals surface area contributed by atoms with Crippen LogP contribution in [0, 0.1) is 5.92 Å². The number of hydrogen-bond donors (Lipinski definition) is 1. The molecule has 9 nitrogen and oxygen atoms in total. The van der Waals surface area contributed by atoms with Gasteiger partial charge in [-0.3, -0.25) is 14.4 Å². The number of anilines is 1. The van der Waals surface area contributed by atoms with Crippen LogP contribution in [0.1, 0.15) is 32.1 Å². The largest absolute Gasteiger partial charge is 0.488 e. The first-order chi connectivity index (χ1) is 16.1. The summed E-state index contributed by atoms with van der Waals surface area (Å²) in [7, 11) is 1.93. The van der Waals surface area contributed by atoms with Crippen LogP contribution in [0.4, 0.5) is 5.82 Å². The van der Waals surface area contributed by atoms with Crippen molar-refractivity contribution in [2.75, 3.05) is 31.6 Å². The van der Waals surface area contributed by atoms with Crippen LogP contribution >= 0.6 is 0 Å². The maximum Gasteiger partial charge on any atom is 0.228 e. The number of fused-ring (bicyclic) bond motifs is 1. The van der Waals surface area contributed by atoms with Gasteiger partial charge < -0.3 is 14.8 Å². The highest BCUT2D eigenvalue weighted by molar-refractivity contribution is 5.93. The molecule has 0 bridgehead atoms. The molecule has 2 atom stereocenters. The van der Waals surface area contributed by atoms with Crippen molar-refractivity contribution in [2.45, 2.75) is 44.2 Å². The minimum atomic E-state index is 0.0606. The van der Waals surface area contributed by atoms with E-state index in [0.29, 0.717) is 24.6 Å². The van der Waals surface area contributed by atoms with Crippen LogP contribution < -0.4 is 10.1 Å². The molecule has 174 valence electrons. The summed E-state index contributed by atoms with van der Waals surface area (Å²) in [6.07, 6.45) is 9.51. The molecule has 0 radical (unpaired) electrons. The fourth-order valence-corrected chi connectivity index (χ4v) is 4.79. The molecule has 0 aromatic carbocycles. The number of pyridine rings is 1. The first-order valence-corrected chi connectivity index (χ1v) is 11.9. The molecular formula is C24H30N6O3. The van der Waals surface area contributed by atoms with Gasteiger partial charge in [-0.1, -0.05) is 0 Å². The molecule has 2 aliphatic heterocycles. The average molecular weight is 451 g/mol. The molecule has 1 saturated carbocycles. The van der Waals surface area contributed by atoms with Crippen molar-refractivity contribution in [1.29, 1.82) is 0 Å². The maximum atomic E-state index is 12.1. The fourth-order valence-electron chi connectivity index (χ4n) is 4.79. The topological polar surface area (TPSA) is 85.9 Å². The van der Waals surface area contributed by atoms with Gasteiger partial charge in [-0.25, -0.2) is 4.52 Å². The van der Waals surface area contributed by atoms with Crippen molar-refractivity contribution >= 4 is 17.2 Å². The highest BCUT2D eigenvalue weighted by Crippen LogP contribution is 2.33. The number of amides is 1. The van der Waals surface area contributed by atoms with E-state index in [9.17, 15) is 4.79 Å². The lowest BCUT2D eigenvalue weighted by Gasteiger charge is -2.41. The maximum absolute atomic E-state index is 12.1. The van der Waals surface area contributed by atoms with Gasteiger partial charge in [-0.2, -0.15) is 10.2 Å². The van der Waals surface area contributed by atoms with Crippen molar-refractivity contribution < 1.29 is 14.3 Å². The van der Waals surface area contributed by atoms with Crippen LogP contribution in [-0.2, 0) is 16.6 Å². The third kappa shape index (κ3) is 4.22. The zero-order valence-electron chi connectivity index (χ0n) is 18.9. The van der Waals surface area contributed by atoms with Gasteiger partial charge in [0.05, 0.1) is 17.8 Å². The standard InChI is InChI=1S/C24H30N6O3/c1-28-23(17-6-9-30-19(11-17)12-22(27-30)26-24(31)16-4-5-16)21(13-25-28)33-15-18-7-8-29(18)14-20-3-2-10-32-20/h6,9,11-13,16,18,20H,2-5,7-8,10,14-15H2,1H3,(H,26,27,31)/t18-,20+/m1/s1. The molecule has 5 heterocycles. The summed E-state index contributed by atoms with van der Waals surface area (Å²) in [6.45, 7) is 3.67. The van der Waals surface area contributed by atoms with Crippen LogP contribution in [-0.4, -0.2) is 68.7 Å². The van der Waals surface area contributed by atoms with E-state index < -0.39 is 0 Å². The SMILES string of the molecule is Cn1ncc(OC[C@H]2CCN2C[C@@H]2CCCO2)c1-c1ccn2nc(NC(=O)C3CC3)cc2c1. The number of carbonyl (C=O) groups is 1. The second kappa shape index (κ2) is 8.46. The van der Waals surface area contributed by atoms with Crippen LogP contribution in [0.5, 0.6) is 5.75 Å². The molecule has 33 heavy (non-hydrogen) atoms. The molecule has 1 amide bonds. The average Bonchev–Trinajstić information content (AvgIpc) is 3.19. The molecular weight excluding hydrogens is 420 g/mol. The summed E-state index contributed by atoms with van der Waals surface area (Å²) in [6, 6.07) is 6.38. The molecule has 3 aromatic rings. The van der Waals surface area contributed by atoms with E-state index in [0.717, 1.165) is 61.5 Å². The van der Waals surface area contributed by atoms with Gasteiger partial charge in [-0.05, 0) is 44.2 Å². The number of hydrogen-bond acceptors (Lipinski definition) is 6. The molecule has 3 aromatic heterocycles. The third-order valence-corrected chi connectivity index (χ3v) is 7.00. The summed E-state index contributed by atoms with van der Waals surface area (Å²) in [5.74, 6) is 1.58. The second-order valence-corrected chi connectivity index (χ2v) is 9.44. The summed E-state index contributed by atoms with van der Waals surface area (Å²) < 4.78 is 15.7. The lowest BCUT2D eigenvalue weighted by atomic mass is 10.0. The quantitative estimate of drug-likeness (QED) is 0.568. The molecule has 1 aliphatic carbocycles. The zero-order chi connectivity index (χ0) is 22.4. The normalized spacial score (nSPS) is 23.1. The number of rotatable bonds is 8. The lowest BCUT2D eigenvalue weighted by Crippen LogP contribution is -2.53. The molecule has 3 aliphatic rings. The summed E-state index contributed by atoms with van der Waals surface area (Å²) in [5.41, 5.74) is 2.85. The van der Waals surface area contributed by atoms with Gasteiger partial charge in [0, 0.05) is 56.5 Å². The fraction of sp³-hybridized carbons (Fsp3) is 0.542. The van der Waals surface area contributed by atoms with Gasteiger partial charge in [0.25, 0.3) is 0 Å². The van der Waals surface area contributed by atoms with Crippen molar-refractivity contribution in [3.05, 3.63) is 30.6 Å². The second-order valence-electron chi connectivity index (χ2n) is 9.44. The zero-order valence-corrected chi connectivity index (χ0v) is 18.9. The van der Waals surface area contributed by atoms with Crippen molar-refractivity contribution in [3.8, 4) is 17.0 Å². The number of likely N-dealkylation sites (tertiary alicyclic amines) is 1. The Balaban J connectivity index is 1.15. The Labute approximate surface area is 192 Å². The number of aromatic nitrogens is 4. The number of ether oxygens (including phenoxy) is 2. The van der Waals surface area contributed by atoms with Crippen molar-refractivity contribution in [2.24, 2.45) is 13.0 Å². The van der Waals surface area contributed by atoms with Crippen LogP contribution in [0.2, 0.25) is 0 Å². The van der Waals surface area contributed by atoms with Gasteiger partial charge in [0.1, 0.15) is 12.3 Å². The molecule has 2 saturated heterocycles.